The topological polar surface area (TPSA) is 47.6 Å². The van der Waals surface area contributed by atoms with Crippen LogP contribution in [0, 0.1) is 0 Å². The molecule has 1 atom stereocenters. The molecule has 2 aromatic rings. The van der Waals surface area contributed by atoms with Crippen molar-refractivity contribution in [2.24, 2.45) is 0 Å². The summed E-state index contributed by atoms with van der Waals surface area (Å²) in [5, 5.41) is 2.71. The number of amides is 1. The van der Waals surface area contributed by atoms with E-state index in [1.165, 1.54) is 11.8 Å². The molecular weight excluding hydrogens is 310 g/mol. The van der Waals surface area contributed by atoms with Crippen molar-refractivity contribution in [3.63, 3.8) is 0 Å². The summed E-state index contributed by atoms with van der Waals surface area (Å²) in [5.74, 6) is 1.57. The second-order valence-electron chi connectivity index (χ2n) is 4.88. The first kappa shape index (κ1) is 17.2. The SMILES string of the molecule is CCOc1ccc(NC(=O)[C@@H](C)Sc2ccc(OC)cc2)cc1. The predicted molar refractivity (Wildman–Crippen MR) is 94.6 cm³/mol. The minimum atomic E-state index is -0.199. The minimum Gasteiger partial charge on any atom is -0.497 e. The summed E-state index contributed by atoms with van der Waals surface area (Å²) in [5.41, 5.74) is 0.764. The van der Waals surface area contributed by atoms with Gasteiger partial charge in [-0.05, 0) is 62.4 Å². The molecule has 0 aliphatic carbocycles. The van der Waals surface area contributed by atoms with Crippen LogP contribution in [0.4, 0.5) is 5.69 Å². The summed E-state index contributed by atoms with van der Waals surface area (Å²) in [4.78, 5) is 13.3. The zero-order valence-electron chi connectivity index (χ0n) is 13.5. The molecule has 0 unspecified atom stereocenters. The minimum absolute atomic E-state index is 0.0324. The number of hydrogen-bond donors (Lipinski definition) is 1. The van der Waals surface area contributed by atoms with Crippen LogP contribution in [-0.2, 0) is 4.79 Å². The zero-order valence-corrected chi connectivity index (χ0v) is 14.4. The molecule has 0 heterocycles. The lowest BCUT2D eigenvalue weighted by molar-refractivity contribution is -0.115. The summed E-state index contributed by atoms with van der Waals surface area (Å²) in [7, 11) is 1.63. The maximum atomic E-state index is 12.3. The van der Waals surface area contributed by atoms with Crippen LogP contribution in [-0.4, -0.2) is 24.9 Å². The second kappa shape index (κ2) is 8.48. The Morgan fingerprint density at radius 3 is 2.26 bits per heavy atom. The maximum Gasteiger partial charge on any atom is 0.237 e. The van der Waals surface area contributed by atoms with Crippen LogP contribution < -0.4 is 14.8 Å². The van der Waals surface area contributed by atoms with Crippen molar-refractivity contribution >= 4 is 23.4 Å². The molecule has 0 aromatic heterocycles. The van der Waals surface area contributed by atoms with Gasteiger partial charge in [-0.15, -0.1) is 11.8 Å². The van der Waals surface area contributed by atoms with Gasteiger partial charge in [-0.3, -0.25) is 4.79 Å². The third-order valence-electron chi connectivity index (χ3n) is 3.17. The van der Waals surface area contributed by atoms with Crippen LogP contribution in [0.3, 0.4) is 0 Å². The third kappa shape index (κ3) is 5.21. The van der Waals surface area contributed by atoms with E-state index in [2.05, 4.69) is 5.32 Å². The molecule has 0 saturated heterocycles. The fourth-order valence-corrected chi connectivity index (χ4v) is 2.82. The molecule has 2 rings (SSSR count). The molecule has 5 heteroatoms. The predicted octanol–water partition coefficient (Wildman–Crippen LogP) is 4.21. The molecule has 0 spiro atoms. The number of carbonyl (C=O) groups is 1. The van der Waals surface area contributed by atoms with Crippen LogP contribution in [0.25, 0.3) is 0 Å². The number of methoxy groups -OCH3 is 1. The summed E-state index contributed by atoms with van der Waals surface area (Å²) in [6, 6.07) is 15.1. The van der Waals surface area contributed by atoms with E-state index in [-0.39, 0.29) is 11.2 Å². The molecule has 4 nitrogen and oxygen atoms in total. The average Bonchev–Trinajstić information content (AvgIpc) is 2.57. The van der Waals surface area contributed by atoms with E-state index < -0.39 is 0 Å². The first-order chi connectivity index (χ1) is 11.1. The van der Waals surface area contributed by atoms with Crippen molar-refractivity contribution < 1.29 is 14.3 Å². The normalized spacial score (nSPS) is 11.6. The number of ether oxygens (including phenoxy) is 2. The van der Waals surface area contributed by atoms with E-state index in [1.807, 2.05) is 62.4 Å². The Morgan fingerprint density at radius 1 is 1.09 bits per heavy atom. The summed E-state index contributed by atoms with van der Waals surface area (Å²) in [6.45, 7) is 4.45. The zero-order chi connectivity index (χ0) is 16.7. The van der Waals surface area contributed by atoms with E-state index in [0.717, 1.165) is 22.1 Å². The van der Waals surface area contributed by atoms with Crippen LogP contribution in [0.1, 0.15) is 13.8 Å². The highest BCUT2D eigenvalue weighted by Crippen LogP contribution is 2.26. The van der Waals surface area contributed by atoms with E-state index in [1.54, 1.807) is 7.11 Å². The van der Waals surface area contributed by atoms with Gasteiger partial charge in [0.1, 0.15) is 11.5 Å². The quantitative estimate of drug-likeness (QED) is 0.772. The van der Waals surface area contributed by atoms with E-state index in [4.69, 9.17) is 9.47 Å². The van der Waals surface area contributed by atoms with Crippen molar-refractivity contribution in [3.05, 3.63) is 48.5 Å². The Labute approximate surface area is 141 Å². The Hall–Kier alpha value is -2.14. The van der Waals surface area contributed by atoms with Gasteiger partial charge < -0.3 is 14.8 Å². The number of thioether (sulfide) groups is 1. The third-order valence-corrected chi connectivity index (χ3v) is 4.29. The molecule has 0 bridgehead atoms. The van der Waals surface area contributed by atoms with E-state index in [0.29, 0.717) is 6.61 Å². The van der Waals surface area contributed by atoms with Crippen LogP contribution in [0.15, 0.2) is 53.4 Å². The first-order valence-corrected chi connectivity index (χ1v) is 8.34. The van der Waals surface area contributed by atoms with Gasteiger partial charge in [0.2, 0.25) is 5.91 Å². The number of carbonyl (C=O) groups excluding carboxylic acids is 1. The van der Waals surface area contributed by atoms with Crippen LogP contribution >= 0.6 is 11.8 Å². The standard InChI is InChI=1S/C18H21NO3S/c1-4-22-16-7-5-14(6-8-16)19-18(20)13(2)23-17-11-9-15(21-3)10-12-17/h5-13H,4H2,1-3H3,(H,19,20)/t13-/m1/s1. The largest absolute Gasteiger partial charge is 0.497 e. The summed E-state index contributed by atoms with van der Waals surface area (Å²) >= 11 is 1.51. The lowest BCUT2D eigenvalue weighted by Gasteiger charge is -2.13. The van der Waals surface area contributed by atoms with Crippen molar-refractivity contribution in [2.45, 2.75) is 24.0 Å². The van der Waals surface area contributed by atoms with Crippen molar-refractivity contribution in [1.29, 1.82) is 0 Å². The number of nitrogens with one attached hydrogen (secondary N) is 1. The lowest BCUT2D eigenvalue weighted by atomic mass is 10.3. The summed E-state index contributed by atoms with van der Waals surface area (Å²) in [6.07, 6.45) is 0. The fourth-order valence-electron chi connectivity index (χ4n) is 1.96. The molecule has 0 aliphatic heterocycles. The maximum absolute atomic E-state index is 12.3. The smallest absolute Gasteiger partial charge is 0.237 e. The molecule has 0 fully saturated rings. The van der Waals surface area contributed by atoms with Gasteiger partial charge in [0, 0.05) is 10.6 Å². The highest BCUT2D eigenvalue weighted by Gasteiger charge is 2.14. The van der Waals surface area contributed by atoms with Gasteiger partial charge in [-0.1, -0.05) is 0 Å². The highest BCUT2D eigenvalue weighted by molar-refractivity contribution is 8.00. The van der Waals surface area contributed by atoms with Gasteiger partial charge in [-0.2, -0.15) is 0 Å². The number of rotatable bonds is 7. The Bertz CT molecular complexity index is 626. The van der Waals surface area contributed by atoms with Crippen LogP contribution in [0.2, 0.25) is 0 Å². The summed E-state index contributed by atoms with van der Waals surface area (Å²) < 4.78 is 10.5. The number of benzene rings is 2. The van der Waals surface area contributed by atoms with E-state index in [9.17, 15) is 4.79 Å². The number of hydrogen-bond acceptors (Lipinski definition) is 4. The van der Waals surface area contributed by atoms with Crippen molar-refractivity contribution in [2.75, 3.05) is 19.0 Å². The fraction of sp³-hybridized carbons (Fsp3) is 0.278. The van der Waals surface area contributed by atoms with Crippen LogP contribution in [0.5, 0.6) is 11.5 Å². The van der Waals surface area contributed by atoms with Crippen molar-refractivity contribution in [1.82, 2.24) is 0 Å². The van der Waals surface area contributed by atoms with Gasteiger partial charge >= 0.3 is 0 Å². The van der Waals surface area contributed by atoms with Gasteiger partial charge in [0.15, 0.2) is 0 Å². The first-order valence-electron chi connectivity index (χ1n) is 7.46. The Balaban J connectivity index is 1.90. The van der Waals surface area contributed by atoms with E-state index >= 15 is 0 Å². The van der Waals surface area contributed by atoms with Gasteiger partial charge in [0.05, 0.1) is 19.0 Å². The molecule has 0 saturated carbocycles. The second-order valence-corrected chi connectivity index (χ2v) is 6.30. The molecule has 2 aromatic carbocycles. The number of anilines is 1. The van der Waals surface area contributed by atoms with Gasteiger partial charge in [-0.25, -0.2) is 0 Å². The molecular formula is C18H21NO3S. The molecule has 0 radical (unpaired) electrons. The lowest BCUT2D eigenvalue weighted by Crippen LogP contribution is -2.22. The monoisotopic (exact) mass is 331 g/mol. The van der Waals surface area contributed by atoms with Gasteiger partial charge in [0.25, 0.3) is 0 Å². The Kier molecular flexibility index (Phi) is 6.35. The average molecular weight is 331 g/mol. The molecule has 1 amide bonds. The molecule has 122 valence electrons. The Morgan fingerprint density at radius 2 is 1.70 bits per heavy atom. The van der Waals surface area contributed by atoms with Crippen molar-refractivity contribution in [3.8, 4) is 11.5 Å². The molecule has 23 heavy (non-hydrogen) atoms. The molecule has 0 aliphatic rings. The molecule has 1 N–H and O–H groups in total. The highest BCUT2D eigenvalue weighted by atomic mass is 32.2.